The van der Waals surface area contributed by atoms with Gasteiger partial charge in [0.25, 0.3) is 5.56 Å². The van der Waals surface area contributed by atoms with Crippen molar-refractivity contribution in [2.24, 2.45) is 0 Å². The summed E-state index contributed by atoms with van der Waals surface area (Å²) in [7, 11) is 0. The summed E-state index contributed by atoms with van der Waals surface area (Å²) in [4.78, 5) is 21.3. The van der Waals surface area contributed by atoms with Crippen LogP contribution in [-0.4, -0.2) is 56.3 Å². The van der Waals surface area contributed by atoms with Gasteiger partial charge in [0.15, 0.2) is 5.82 Å². The van der Waals surface area contributed by atoms with E-state index in [-0.39, 0.29) is 5.56 Å². The lowest BCUT2D eigenvalue weighted by molar-refractivity contribution is 0.200. The third-order valence-corrected chi connectivity index (χ3v) is 7.71. The van der Waals surface area contributed by atoms with Gasteiger partial charge in [0.05, 0.1) is 6.54 Å². The number of aromatic nitrogens is 5. The van der Waals surface area contributed by atoms with Crippen molar-refractivity contribution in [2.75, 3.05) is 31.1 Å². The third kappa shape index (κ3) is 5.30. The first-order valence-corrected chi connectivity index (χ1v) is 13.7. The predicted molar refractivity (Wildman–Crippen MR) is 154 cm³/mol. The second-order valence-electron chi connectivity index (χ2n) is 9.91. The zero-order chi connectivity index (χ0) is 26.8. The zero-order valence-corrected chi connectivity index (χ0v) is 22.6. The maximum absolute atomic E-state index is 13.6. The molecule has 9 heteroatoms. The van der Waals surface area contributed by atoms with Gasteiger partial charge in [-0.25, -0.2) is 4.68 Å². The molecule has 198 valence electrons. The molecule has 8 nitrogen and oxygen atoms in total. The minimum absolute atomic E-state index is 0.122. The molecule has 0 saturated carbocycles. The summed E-state index contributed by atoms with van der Waals surface area (Å²) in [5, 5.41) is 14.6. The highest BCUT2D eigenvalue weighted by Gasteiger charge is 2.33. The van der Waals surface area contributed by atoms with Crippen molar-refractivity contribution in [3.8, 4) is 0 Å². The molecule has 1 aliphatic rings. The van der Waals surface area contributed by atoms with Crippen molar-refractivity contribution >= 4 is 28.2 Å². The maximum Gasteiger partial charge on any atom is 0.253 e. The van der Waals surface area contributed by atoms with Gasteiger partial charge in [0.1, 0.15) is 6.04 Å². The standard InChI is InChI=1S/C30H30ClN7O/c1-2-21-11-12-27-23(17-21)18-26(30(39)32-27)28(29-33-34-35-38(29)20-22-7-4-3-5-8-22)37-15-13-36(14-16-37)25-10-6-9-24(31)19-25/h3-12,17-19,28H,2,13-16,20H2,1H3,(H,32,39)/t28-/m1/s1. The summed E-state index contributed by atoms with van der Waals surface area (Å²) in [5.74, 6) is 0.659. The number of tetrazole rings is 1. The molecule has 0 amide bonds. The minimum atomic E-state index is -0.399. The normalized spacial score (nSPS) is 15.1. The van der Waals surface area contributed by atoms with Crippen molar-refractivity contribution in [3.05, 3.63) is 117 Å². The Morgan fingerprint density at radius 3 is 2.51 bits per heavy atom. The molecule has 2 aromatic heterocycles. The smallest absolute Gasteiger partial charge is 0.253 e. The fourth-order valence-corrected chi connectivity index (χ4v) is 5.57. The van der Waals surface area contributed by atoms with Gasteiger partial charge in [0, 0.05) is 48.0 Å². The molecule has 0 radical (unpaired) electrons. The molecule has 3 heterocycles. The maximum atomic E-state index is 13.6. The molecular formula is C30H30ClN7O. The van der Waals surface area contributed by atoms with Crippen molar-refractivity contribution < 1.29 is 0 Å². The first-order chi connectivity index (χ1) is 19.1. The van der Waals surface area contributed by atoms with Crippen molar-refractivity contribution in [1.82, 2.24) is 30.1 Å². The van der Waals surface area contributed by atoms with Gasteiger partial charge in [-0.3, -0.25) is 9.69 Å². The Balaban J connectivity index is 1.39. The molecule has 6 rings (SSSR count). The molecular weight excluding hydrogens is 510 g/mol. The predicted octanol–water partition coefficient (Wildman–Crippen LogP) is 4.69. The number of anilines is 1. The Hall–Kier alpha value is -4.01. The molecule has 0 aliphatic carbocycles. The number of pyridine rings is 1. The second kappa shape index (κ2) is 11.0. The van der Waals surface area contributed by atoms with Gasteiger partial charge in [-0.15, -0.1) is 5.10 Å². The van der Waals surface area contributed by atoms with Crippen LogP contribution in [0.1, 0.15) is 35.5 Å². The molecule has 1 N–H and O–H groups in total. The highest BCUT2D eigenvalue weighted by molar-refractivity contribution is 6.30. The van der Waals surface area contributed by atoms with E-state index in [0.29, 0.717) is 17.9 Å². The molecule has 1 saturated heterocycles. The quantitative estimate of drug-likeness (QED) is 0.323. The van der Waals surface area contributed by atoms with Crippen LogP contribution >= 0.6 is 11.6 Å². The Kier molecular flexibility index (Phi) is 7.13. The average molecular weight is 540 g/mol. The molecule has 1 fully saturated rings. The Bertz CT molecular complexity index is 1640. The van der Waals surface area contributed by atoms with E-state index in [9.17, 15) is 4.79 Å². The first kappa shape index (κ1) is 25.3. The topological polar surface area (TPSA) is 82.9 Å². The molecule has 0 spiro atoms. The number of hydrogen-bond acceptors (Lipinski definition) is 6. The van der Waals surface area contributed by atoms with Gasteiger partial charge >= 0.3 is 0 Å². The summed E-state index contributed by atoms with van der Waals surface area (Å²) >= 11 is 6.26. The number of nitrogens with one attached hydrogen (secondary N) is 1. The van der Waals surface area contributed by atoms with E-state index < -0.39 is 6.04 Å². The van der Waals surface area contributed by atoms with Gasteiger partial charge in [-0.05, 0) is 69.8 Å². The van der Waals surface area contributed by atoms with Crippen molar-refractivity contribution in [2.45, 2.75) is 25.9 Å². The largest absolute Gasteiger partial charge is 0.369 e. The molecule has 1 atom stereocenters. The number of benzene rings is 3. The fourth-order valence-electron chi connectivity index (χ4n) is 5.38. The second-order valence-corrected chi connectivity index (χ2v) is 10.4. The van der Waals surface area contributed by atoms with Crippen LogP contribution in [0.3, 0.4) is 0 Å². The number of aryl methyl sites for hydroxylation is 1. The summed E-state index contributed by atoms with van der Waals surface area (Å²) in [5.41, 5.74) is 4.77. The highest BCUT2D eigenvalue weighted by atomic mass is 35.5. The van der Waals surface area contributed by atoms with E-state index in [0.717, 1.165) is 59.8 Å². The number of nitrogens with zero attached hydrogens (tertiary/aromatic N) is 6. The van der Waals surface area contributed by atoms with Crippen LogP contribution in [-0.2, 0) is 13.0 Å². The van der Waals surface area contributed by atoms with E-state index in [4.69, 9.17) is 11.6 Å². The Morgan fingerprint density at radius 1 is 0.923 bits per heavy atom. The van der Waals surface area contributed by atoms with Gasteiger partial charge < -0.3 is 9.88 Å². The van der Waals surface area contributed by atoms with Crippen LogP contribution in [0.15, 0.2) is 83.7 Å². The van der Waals surface area contributed by atoms with Crippen LogP contribution in [0.5, 0.6) is 0 Å². The van der Waals surface area contributed by atoms with Crippen LogP contribution in [0.4, 0.5) is 5.69 Å². The number of rotatable bonds is 7. The zero-order valence-electron chi connectivity index (χ0n) is 21.8. The van der Waals surface area contributed by atoms with Crippen LogP contribution < -0.4 is 10.5 Å². The highest BCUT2D eigenvalue weighted by Crippen LogP contribution is 2.30. The van der Waals surface area contributed by atoms with E-state index in [1.54, 1.807) is 0 Å². The summed E-state index contributed by atoms with van der Waals surface area (Å²) in [6, 6.07) is 25.9. The molecule has 1 aliphatic heterocycles. The summed E-state index contributed by atoms with van der Waals surface area (Å²) in [6.07, 6.45) is 0.925. The number of halogens is 1. The van der Waals surface area contributed by atoms with Crippen LogP contribution in [0, 0.1) is 0 Å². The monoisotopic (exact) mass is 539 g/mol. The van der Waals surface area contributed by atoms with Gasteiger partial charge in [-0.1, -0.05) is 61.0 Å². The van der Waals surface area contributed by atoms with E-state index >= 15 is 0 Å². The van der Waals surface area contributed by atoms with E-state index in [1.165, 1.54) is 5.56 Å². The molecule has 0 bridgehead atoms. The minimum Gasteiger partial charge on any atom is -0.369 e. The Morgan fingerprint density at radius 2 is 1.74 bits per heavy atom. The van der Waals surface area contributed by atoms with Crippen molar-refractivity contribution in [3.63, 3.8) is 0 Å². The van der Waals surface area contributed by atoms with Crippen LogP contribution in [0.2, 0.25) is 5.02 Å². The molecule has 39 heavy (non-hydrogen) atoms. The average Bonchev–Trinajstić information content (AvgIpc) is 3.41. The summed E-state index contributed by atoms with van der Waals surface area (Å²) in [6.45, 7) is 5.72. The lowest BCUT2D eigenvalue weighted by atomic mass is 10.0. The third-order valence-electron chi connectivity index (χ3n) is 7.47. The number of aromatic amines is 1. The molecule has 3 aromatic carbocycles. The first-order valence-electron chi connectivity index (χ1n) is 13.3. The van der Waals surface area contributed by atoms with Gasteiger partial charge in [-0.2, -0.15) is 0 Å². The number of fused-ring (bicyclic) bond motifs is 1. The number of hydrogen-bond donors (Lipinski definition) is 1. The summed E-state index contributed by atoms with van der Waals surface area (Å²) < 4.78 is 1.81. The number of H-pyrrole nitrogens is 1. The fraction of sp³-hybridized carbons (Fsp3) is 0.267. The van der Waals surface area contributed by atoms with Crippen LogP contribution in [0.25, 0.3) is 10.9 Å². The lowest BCUT2D eigenvalue weighted by Crippen LogP contribution is -2.49. The Labute approximate surface area is 231 Å². The van der Waals surface area contributed by atoms with Gasteiger partial charge in [0.2, 0.25) is 0 Å². The lowest BCUT2D eigenvalue weighted by Gasteiger charge is -2.39. The van der Waals surface area contributed by atoms with Crippen molar-refractivity contribution in [1.29, 1.82) is 0 Å². The molecule has 0 unspecified atom stereocenters. The molecule has 5 aromatic rings. The SMILES string of the molecule is CCc1ccc2[nH]c(=O)c([C@H](c3nnnn3Cc3ccccc3)N3CCN(c4cccc(Cl)c4)CC3)cc2c1. The number of piperazine rings is 1. The van der Waals surface area contributed by atoms with E-state index in [2.05, 4.69) is 67.6 Å². The van der Waals surface area contributed by atoms with E-state index in [1.807, 2.05) is 53.2 Å².